The SMILES string of the molecule is FC(F)c1ncc(C(F)(F)F)c(OC(F)(F)F)c1I. The molecule has 0 aliphatic carbocycles. The van der Waals surface area contributed by atoms with E-state index in [-0.39, 0.29) is 6.20 Å². The molecule has 1 heterocycles. The van der Waals surface area contributed by atoms with Gasteiger partial charge in [0.25, 0.3) is 6.43 Å². The van der Waals surface area contributed by atoms with Crippen molar-refractivity contribution in [3.63, 3.8) is 0 Å². The third kappa shape index (κ3) is 4.04. The van der Waals surface area contributed by atoms with Crippen molar-refractivity contribution < 1.29 is 39.9 Å². The van der Waals surface area contributed by atoms with E-state index < -0.39 is 39.5 Å². The van der Waals surface area contributed by atoms with E-state index in [1.54, 1.807) is 0 Å². The van der Waals surface area contributed by atoms with Gasteiger partial charge in [-0.15, -0.1) is 13.2 Å². The van der Waals surface area contributed by atoms with Gasteiger partial charge in [0, 0.05) is 6.20 Å². The molecule has 0 atom stereocenters. The molecule has 0 saturated carbocycles. The fourth-order valence-corrected chi connectivity index (χ4v) is 1.83. The number of hydrogen-bond donors (Lipinski definition) is 0. The Morgan fingerprint density at radius 1 is 1.11 bits per heavy atom. The molecule has 19 heavy (non-hydrogen) atoms. The quantitative estimate of drug-likeness (QED) is 0.531. The third-order valence-corrected chi connectivity index (χ3v) is 2.77. The second kappa shape index (κ2) is 5.25. The highest BCUT2D eigenvalue weighted by atomic mass is 127. The predicted molar refractivity (Wildman–Crippen MR) is 53.6 cm³/mol. The topological polar surface area (TPSA) is 22.1 Å². The zero-order valence-corrected chi connectivity index (χ0v) is 10.6. The van der Waals surface area contributed by atoms with E-state index in [1.165, 1.54) is 0 Å². The van der Waals surface area contributed by atoms with Crippen LogP contribution in [0.1, 0.15) is 17.7 Å². The van der Waals surface area contributed by atoms with Crippen molar-refractivity contribution in [3.05, 3.63) is 21.0 Å². The molecule has 0 aliphatic heterocycles. The van der Waals surface area contributed by atoms with Crippen LogP contribution in [0.4, 0.5) is 35.1 Å². The van der Waals surface area contributed by atoms with E-state index in [2.05, 4.69) is 9.72 Å². The van der Waals surface area contributed by atoms with Gasteiger partial charge >= 0.3 is 12.5 Å². The summed E-state index contributed by atoms with van der Waals surface area (Å²) in [6.45, 7) is 0. The monoisotopic (exact) mass is 407 g/mol. The summed E-state index contributed by atoms with van der Waals surface area (Å²) in [5.74, 6) is -1.73. The molecule has 11 heteroatoms. The van der Waals surface area contributed by atoms with Crippen LogP contribution in [-0.4, -0.2) is 11.3 Å². The fourth-order valence-electron chi connectivity index (χ4n) is 1.05. The van der Waals surface area contributed by atoms with Crippen molar-refractivity contribution in [1.29, 1.82) is 0 Å². The Hall–Kier alpha value is -0.880. The minimum absolute atomic E-state index is 0.120. The van der Waals surface area contributed by atoms with Gasteiger partial charge in [0.05, 0.1) is 3.57 Å². The summed E-state index contributed by atoms with van der Waals surface area (Å²) >= 11 is 0.894. The Morgan fingerprint density at radius 2 is 1.63 bits per heavy atom. The van der Waals surface area contributed by atoms with Crippen LogP contribution in [0.15, 0.2) is 6.20 Å². The molecule has 2 nitrogen and oxygen atoms in total. The van der Waals surface area contributed by atoms with Gasteiger partial charge in [-0.2, -0.15) is 13.2 Å². The van der Waals surface area contributed by atoms with Gasteiger partial charge in [-0.05, 0) is 22.6 Å². The highest BCUT2D eigenvalue weighted by Gasteiger charge is 2.42. The minimum Gasteiger partial charge on any atom is -0.404 e. The Bertz CT molecular complexity index is 469. The zero-order valence-electron chi connectivity index (χ0n) is 8.41. The Kier molecular flexibility index (Phi) is 4.47. The zero-order chi connectivity index (χ0) is 15.0. The average Bonchev–Trinajstić information content (AvgIpc) is 2.16. The molecule has 0 spiro atoms. The molecule has 0 bridgehead atoms. The first-order valence-electron chi connectivity index (χ1n) is 4.23. The molecular formula is C8H2F8INO. The lowest BCUT2D eigenvalue weighted by atomic mass is 10.2. The lowest BCUT2D eigenvalue weighted by molar-refractivity contribution is -0.276. The molecule has 1 aromatic rings. The number of alkyl halides is 8. The Labute approximate surface area is 113 Å². The fraction of sp³-hybridized carbons (Fsp3) is 0.375. The Balaban J connectivity index is 3.47. The van der Waals surface area contributed by atoms with E-state index in [9.17, 15) is 35.1 Å². The van der Waals surface area contributed by atoms with Crippen molar-refractivity contribution in [3.8, 4) is 5.75 Å². The van der Waals surface area contributed by atoms with Crippen molar-refractivity contribution in [2.75, 3.05) is 0 Å². The molecule has 1 rings (SSSR count). The molecule has 0 N–H and O–H groups in total. The number of rotatable bonds is 2. The highest BCUT2D eigenvalue weighted by Crippen LogP contribution is 2.42. The summed E-state index contributed by atoms with van der Waals surface area (Å²) in [6, 6.07) is 0. The van der Waals surface area contributed by atoms with Gasteiger partial charge < -0.3 is 4.74 Å². The lowest BCUT2D eigenvalue weighted by Crippen LogP contribution is -2.22. The van der Waals surface area contributed by atoms with Crippen LogP contribution < -0.4 is 4.74 Å². The molecule has 108 valence electrons. The first-order chi connectivity index (χ1) is 8.43. The van der Waals surface area contributed by atoms with E-state index in [4.69, 9.17) is 0 Å². The summed E-state index contributed by atoms with van der Waals surface area (Å²) in [4.78, 5) is 2.81. The van der Waals surface area contributed by atoms with E-state index >= 15 is 0 Å². The van der Waals surface area contributed by atoms with Crippen LogP contribution in [-0.2, 0) is 6.18 Å². The third-order valence-electron chi connectivity index (χ3n) is 1.73. The second-order valence-corrected chi connectivity index (χ2v) is 4.13. The molecule has 0 unspecified atom stereocenters. The number of hydrogen-bond acceptors (Lipinski definition) is 2. The maximum Gasteiger partial charge on any atom is 0.573 e. The van der Waals surface area contributed by atoms with Crippen LogP contribution in [0.25, 0.3) is 0 Å². The van der Waals surface area contributed by atoms with Gasteiger partial charge in [-0.1, -0.05) is 0 Å². The largest absolute Gasteiger partial charge is 0.573 e. The molecular weight excluding hydrogens is 405 g/mol. The van der Waals surface area contributed by atoms with Crippen molar-refractivity contribution >= 4 is 22.6 Å². The Morgan fingerprint density at radius 3 is 2.00 bits per heavy atom. The van der Waals surface area contributed by atoms with Crippen molar-refractivity contribution in [2.24, 2.45) is 0 Å². The summed E-state index contributed by atoms with van der Waals surface area (Å²) in [7, 11) is 0. The van der Waals surface area contributed by atoms with Crippen LogP contribution in [0.5, 0.6) is 5.75 Å². The smallest absolute Gasteiger partial charge is 0.404 e. The van der Waals surface area contributed by atoms with Gasteiger partial charge in [0.1, 0.15) is 11.3 Å². The van der Waals surface area contributed by atoms with Crippen LogP contribution >= 0.6 is 22.6 Å². The molecule has 0 aliphatic rings. The van der Waals surface area contributed by atoms with Gasteiger partial charge in [0.15, 0.2) is 5.75 Å². The first-order valence-corrected chi connectivity index (χ1v) is 5.31. The van der Waals surface area contributed by atoms with Gasteiger partial charge in [-0.3, -0.25) is 4.98 Å². The average molecular weight is 407 g/mol. The predicted octanol–water partition coefficient (Wildman–Crippen LogP) is 4.54. The summed E-state index contributed by atoms with van der Waals surface area (Å²) in [6.07, 6.45) is -14.1. The number of aromatic nitrogens is 1. The number of ether oxygens (including phenoxy) is 1. The molecule has 1 aromatic heterocycles. The number of halogens is 9. The van der Waals surface area contributed by atoms with Gasteiger partial charge in [0.2, 0.25) is 0 Å². The maximum atomic E-state index is 12.5. The highest BCUT2D eigenvalue weighted by molar-refractivity contribution is 14.1. The van der Waals surface area contributed by atoms with Gasteiger partial charge in [-0.25, -0.2) is 8.78 Å². The lowest BCUT2D eigenvalue weighted by Gasteiger charge is -2.17. The first kappa shape index (κ1) is 16.2. The standard InChI is InChI=1S/C8H2F8INO/c9-6(10)4-3(17)5(19-8(14,15)16)2(1-18-4)7(11,12)13/h1,6H. The van der Waals surface area contributed by atoms with E-state index in [0.29, 0.717) is 0 Å². The molecule has 0 radical (unpaired) electrons. The van der Waals surface area contributed by atoms with E-state index in [1.807, 2.05) is 0 Å². The van der Waals surface area contributed by atoms with Crippen LogP contribution in [0, 0.1) is 3.57 Å². The summed E-state index contributed by atoms with van der Waals surface area (Å²) in [5, 5.41) is 0. The molecule has 0 fully saturated rings. The normalized spacial score (nSPS) is 12.9. The molecule has 0 amide bonds. The second-order valence-electron chi connectivity index (χ2n) is 3.05. The van der Waals surface area contributed by atoms with Crippen LogP contribution in [0.2, 0.25) is 0 Å². The van der Waals surface area contributed by atoms with Crippen molar-refractivity contribution in [2.45, 2.75) is 19.0 Å². The van der Waals surface area contributed by atoms with Crippen LogP contribution in [0.3, 0.4) is 0 Å². The minimum atomic E-state index is -5.44. The maximum absolute atomic E-state index is 12.5. The number of nitrogens with zero attached hydrogens (tertiary/aromatic N) is 1. The molecule has 0 saturated heterocycles. The van der Waals surface area contributed by atoms with Crippen molar-refractivity contribution in [1.82, 2.24) is 4.98 Å². The number of pyridine rings is 1. The molecule has 0 aromatic carbocycles. The summed E-state index contributed by atoms with van der Waals surface area (Å²) < 4.78 is 100. The van der Waals surface area contributed by atoms with E-state index in [0.717, 1.165) is 22.6 Å². The summed E-state index contributed by atoms with van der Waals surface area (Å²) in [5.41, 5.74) is -3.09.